The van der Waals surface area contributed by atoms with Crippen LogP contribution in [0.15, 0.2) is 0 Å². The Balaban J connectivity index is 2.31. The second kappa shape index (κ2) is 1.69. The summed E-state index contributed by atoms with van der Waals surface area (Å²) in [5, 5.41) is 8.43. The lowest BCUT2D eigenvalue weighted by Gasteiger charge is -1.98. The summed E-state index contributed by atoms with van der Waals surface area (Å²) in [6, 6.07) is 0. The predicted octanol–water partition coefficient (Wildman–Crippen LogP) is 1.12. The molecule has 0 aromatic carbocycles. The van der Waals surface area contributed by atoms with Crippen LogP contribution in [0.4, 0.5) is 4.39 Å². The van der Waals surface area contributed by atoms with Gasteiger partial charge in [0.1, 0.15) is 5.67 Å². The fourth-order valence-electron chi connectivity index (χ4n) is 1.01. The average Bonchev–Trinajstić information content (AvgIpc) is 2.44. The molecule has 1 aliphatic rings. The van der Waals surface area contributed by atoms with Crippen LogP contribution in [0.5, 0.6) is 0 Å². The number of aliphatic hydroxyl groups is 1. The normalized spacial score (nSPS) is 44.6. The minimum atomic E-state index is -0.991. The molecule has 0 amide bonds. The molecule has 0 aliphatic heterocycles. The first-order valence-corrected chi connectivity index (χ1v) is 3.02. The smallest absolute Gasteiger partial charge is 0.116 e. The van der Waals surface area contributed by atoms with Gasteiger partial charge in [-0.3, -0.25) is 0 Å². The van der Waals surface area contributed by atoms with E-state index in [0.717, 1.165) is 0 Å². The van der Waals surface area contributed by atoms with Gasteiger partial charge in [-0.2, -0.15) is 0 Å². The van der Waals surface area contributed by atoms with Crippen LogP contribution in [0.2, 0.25) is 0 Å². The minimum Gasteiger partial charge on any atom is -0.396 e. The number of hydrogen-bond acceptors (Lipinski definition) is 1. The first kappa shape index (κ1) is 6.02. The fourth-order valence-corrected chi connectivity index (χ4v) is 1.01. The van der Waals surface area contributed by atoms with Gasteiger partial charge in [0.25, 0.3) is 0 Å². The van der Waals surface area contributed by atoms with Gasteiger partial charge in [0.2, 0.25) is 0 Å². The quantitative estimate of drug-likeness (QED) is 0.576. The van der Waals surface area contributed by atoms with Crippen LogP contribution in [-0.4, -0.2) is 17.4 Å². The number of hydrogen-bond donors (Lipinski definition) is 1. The highest BCUT2D eigenvalue weighted by molar-refractivity contribution is 5.02. The number of alkyl halides is 1. The Hall–Kier alpha value is -0.110. The highest BCUT2D eigenvalue weighted by Crippen LogP contribution is 2.49. The first-order chi connectivity index (χ1) is 3.73. The second-order valence-corrected chi connectivity index (χ2v) is 2.47. The van der Waals surface area contributed by atoms with Crippen molar-refractivity contribution < 1.29 is 9.50 Å². The molecule has 0 saturated heterocycles. The van der Waals surface area contributed by atoms with Gasteiger partial charge in [-0.15, -0.1) is 0 Å². The Labute approximate surface area is 48.5 Å². The lowest BCUT2D eigenvalue weighted by atomic mass is 10.2. The highest BCUT2D eigenvalue weighted by Gasteiger charge is 2.53. The van der Waals surface area contributed by atoms with Gasteiger partial charge in [0.05, 0.1) is 0 Å². The van der Waals surface area contributed by atoms with E-state index in [1.54, 1.807) is 0 Å². The average molecular weight is 118 g/mol. The summed E-state index contributed by atoms with van der Waals surface area (Å²) in [7, 11) is 0. The Morgan fingerprint density at radius 2 is 2.50 bits per heavy atom. The molecule has 2 heteroatoms. The van der Waals surface area contributed by atoms with Gasteiger partial charge in [0.15, 0.2) is 0 Å². The zero-order valence-corrected chi connectivity index (χ0v) is 5.02. The molecule has 8 heavy (non-hydrogen) atoms. The second-order valence-electron chi connectivity index (χ2n) is 2.47. The number of halogens is 1. The third-order valence-electron chi connectivity index (χ3n) is 1.97. The highest BCUT2D eigenvalue weighted by atomic mass is 19.1. The van der Waals surface area contributed by atoms with Gasteiger partial charge in [-0.1, -0.05) is 6.92 Å². The zero-order valence-electron chi connectivity index (χ0n) is 5.02. The summed E-state index contributed by atoms with van der Waals surface area (Å²) >= 11 is 0. The molecule has 0 bridgehead atoms. The lowest BCUT2D eigenvalue weighted by molar-refractivity contribution is 0.207. The molecule has 1 rings (SSSR count). The molecule has 0 spiro atoms. The Morgan fingerprint density at radius 3 is 2.62 bits per heavy atom. The van der Waals surface area contributed by atoms with Gasteiger partial charge in [0, 0.05) is 12.5 Å². The molecule has 0 radical (unpaired) electrons. The lowest BCUT2D eigenvalue weighted by Crippen LogP contribution is -2.03. The Bertz CT molecular complexity index is 94.5. The largest absolute Gasteiger partial charge is 0.396 e. The van der Waals surface area contributed by atoms with Gasteiger partial charge in [-0.25, -0.2) is 4.39 Å². The van der Waals surface area contributed by atoms with Crippen LogP contribution in [0, 0.1) is 5.92 Å². The summed E-state index contributed by atoms with van der Waals surface area (Å²) in [5.74, 6) is -0.0486. The first-order valence-electron chi connectivity index (χ1n) is 3.02. The maximum absolute atomic E-state index is 12.7. The van der Waals surface area contributed by atoms with E-state index in [0.29, 0.717) is 12.8 Å². The summed E-state index contributed by atoms with van der Waals surface area (Å²) in [6.45, 7) is 1.83. The molecular formula is C6H11FO. The fraction of sp³-hybridized carbons (Fsp3) is 1.00. The topological polar surface area (TPSA) is 20.2 Å². The monoisotopic (exact) mass is 118 g/mol. The van der Waals surface area contributed by atoms with Crippen LogP contribution in [-0.2, 0) is 0 Å². The van der Waals surface area contributed by atoms with Crippen LogP contribution in [0.25, 0.3) is 0 Å². The van der Waals surface area contributed by atoms with E-state index < -0.39 is 5.67 Å². The maximum atomic E-state index is 12.7. The molecule has 2 unspecified atom stereocenters. The van der Waals surface area contributed by atoms with E-state index in [4.69, 9.17) is 5.11 Å². The third kappa shape index (κ3) is 0.730. The van der Waals surface area contributed by atoms with Crippen LogP contribution in [0.1, 0.15) is 19.8 Å². The number of rotatable bonds is 2. The molecule has 1 fully saturated rings. The van der Waals surface area contributed by atoms with Gasteiger partial charge >= 0.3 is 0 Å². The van der Waals surface area contributed by atoms with Crippen molar-refractivity contribution >= 4 is 0 Å². The van der Waals surface area contributed by atoms with Crippen molar-refractivity contribution in [2.45, 2.75) is 25.4 Å². The van der Waals surface area contributed by atoms with Crippen molar-refractivity contribution in [2.24, 2.45) is 5.92 Å². The summed E-state index contributed by atoms with van der Waals surface area (Å²) in [5.41, 5.74) is -0.991. The van der Waals surface area contributed by atoms with E-state index in [1.807, 2.05) is 6.92 Å². The Morgan fingerprint density at radius 1 is 1.88 bits per heavy atom. The third-order valence-corrected chi connectivity index (χ3v) is 1.97. The standard InChI is InChI=1S/C6H11FO/c1-2-6(7)3-5(6)4-8/h5,8H,2-4H2,1H3. The number of aliphatic hydroxyl groups excluding tert-OH is 1. The van der Waals surface area contributed by atoms with Crippen LogP contribution < -0.4 is 0 Å². The SMILES string of the molecule is CCC1(F)CC1CO. The zero-order chi connectivity index (χ0) is 6.20. The van der Waals surface area contributed by atoms with E-state index in [9.17, 15) is 4.39 Å². The predicted molar refractivity (Wildman–Crippen MR) is 29.3 cm³/mol. The van der Waals surface area contributed by atoms with Gasteiger partial charge < -0.3 is 5.11 Å². The molecule has 2 atom stereocenters. The molecule has 1 aliphatic carbocycles. The summed E-state index contributed by atoms with van der Waals surface area (Å²) < 4.78 is 12.7. The maximum Gasteiger partial charge on any atom is 0.116 e. The van der Waals surface area contributed by atoms with Crippen molar-refractivity contribution in [3.05, 3.63) is 0 Å². The molecule has 0 aromatic rings. The molecule has 48 valence electrons. The van der Waals surface area contributed by atoms with Crippen molar-refractivity contribution in [3.8, 4) is 0 Å². The molecular weight excluding hydrogens is 107 g/mol. The van der Waals surface area contributed by atoms with Crippen molar-refractivity contribution in [1.82, 2.24) is 0 Å². The Kier molecular flexibility index (Phi) is 1.27. The summed E-state index contributed by atoms with van der Waals surface area (Å²) in [6.07, 6.45) is 1.12. The minimum absolute atomic E-state index is 0.0182. The molecule has 1 nitrogen and oxygen atoms in total. The molecule has 1 N–H and O–H groups in total. The molecule has 0 aromatic heterocycles. The summed E-state index contributed by atoms with van der Waals surface area (Å²) in [4.78, 5) is 0. The van der Waals surface area contributed by atoms with Crippen molar-refractivity contribution in [2.75, 3.05) is 6.61 Å². The van der Waals surface area contributed by atoms with Crippen LogP contribution in [0.3, 0.4) is 0 Å². The van der Waals surface area contributed by atoms with Gasteiger partial charge in [-0.05, 0) is 12.8 Å². The van der Waals surface area contributed by atoms with E-state index in [-0.39, 0.29) is 12.5 Å². The van der Waals surface area contributed by atoms with Crippen molar-refractivity contribution in [1.29, 1.82) is 0 Å². The van der Waals surface area contributed by atoms with Crippen LogP contribution >= 0.6 is 0 Å². The van der Waals surface area contributed by atoms with E-state index in [2.05, 4.69) is 0 Å². The van der Waals surface area contributed by atoms with Crippen molar-refractivity contribution in [3.63, 3.8) is 0 Å². The van der Waals surface area contributed by atoms with E-state index >= 15 is 0 Å². The molecule has 1 saturated carbocycles. The molecule has 0 heterocycles. The van der Waals surface area contributed by atoms with E-state index in [1.165, 1.54) is 0 Å².